The Labute approximate surface area is 102 Å². The van der Waals surface area contributed by atoms with Crippen molar-refractivity contribution in [2.24, 2.45) is 0 Å². The van der Waals surface area contributed by atoms with Gasteiger partial charge in [0.25, 0.3) is 0 Å². The second-order valence-corrected chi connectivity index (χ2v) is 4.72. The second kappa shape index (κ2) is 4.84. The van der Waals surface area contributed by atoms with Crippen LogP contribution in [-0.4, -0.2) is 25.9 Å². The number of para-hydroxylation sites is 1. The minimum Gasteiger partial charge on any atom is -0.495 e. The van der Waals surface area contributed by atoms with Crippen LogP contribution in [0.2, 0.25) is 0 Å². The fraction of sp³-hybridized carbons (Fsp3) is 0.538. The Kier molecular flexibility index (Phi) is 3.43. The Morgan fingerprint density at radius 2 is 2.06 bits per heavy atom. The van der Waals surface area contributed by atoms with E-state index in [4.69, 9.17) is 15.2 Å². The standard InChI is InChI=1S/C13H20N2O2/c1-13(6-8-17-9-7-13)15-10-4-3-5-11(16-2)12(10)14/h3-5,15H,6-9,14H2,1-2H3. The van der Waals surface area contributed by atoms with Crippen LogP contribution in [0.3, 0.4) is 0 Å². The van der Waals surface area contributed by atoms with Crippen molar-refractivity contribution in [1.82, 2.24) is 0 Å². The number of nitrogens with two attached hydrogens (primary N) is 1. The highest BCUT2D eigenvalue weighted by Crippen LogP contribution is 2.33. The van der Waals surface area contributed by atoms with Gasteiger partial charge in [-0.2, -0.15) is 0 Å². The molecule has 0 aliphatic carbocycles. The zero-order valence-corrected chi connectivity index (χ0v) is 10.5. The van der Waals surface area contributed by atoms with Gasteiger partial charge in [-0.05, 0) is 31.9 Å². The summed E-state index contributed by atoms with van der Waals surface area (Å²) >= 11 is 0. The quantitative estimate of drug-likeness (QED) is 0.790. The number of methoxy groups -OCH3 is 1. The van der Waals surface area contributed by atoms with Crippen molar-refractivity contribution in [1.29, 1.82) is 0 Å². The van der Waals surface area contributed by atoms with Crippen molar-refractivity contribution in [3.05, 3.63) is 18.2 Å². The Bertz CT molecular complexity index is 387. The number of nitrogen functional groups attached to an aromatic ring is 1. The highest BCUT2D eigenvalue weighted by molar-refractivity contribution is 5.73. The van der Waals surface area contributed by atoms with Crippen molar-refractivity contribution >= 4 is 11.4 Å². The number of hydrogen-bond donors (Lipinski definition) is 2. The van der Waals surface area contributed by atoms with E-state index < -0.39 is 0 Å². The molecule has 0 spiro atoms. The van der Waals surface area contributed by atoms with E-state index >= 15 is 0 Å². The summed E-state index contributed by atoms with van der Waals surface area (Å²) in [5.41, 5.74) is 7.71. The van der Waals surface area contributed by atoms with Crippen LogP contribution < -0.4 is 15.8 Å². The molecule has 1 heterocycles. The summed E-state index contributed by atoms with van der Waals surface area (Å²) in [5.74, 6) is 0.714. The monoisotopic (exact) mass is 236 g/mol. The molecule has 1 aromatic rings. The SMILES string of the molecule is COc1cccc(NC2(C)CCOCC2)c1N. The minimum absolute atomic E-state index is 0.0543. The van der Waals surface area contributed by atoms with Crippen molar-refractivity contribution in [3.63, 3.8) is 0 Å². The van der Waals surface area contributed by atoms with Crippen LogP contribution in [0.25, 0.3) is 0 Å². The molecule has 4 heteroatoms. The fourth-order valence-electron chi connectivity index (χ4n) is 2.10. The van der Waals surface area contributed by atoms with Gasteiger partial charge in [-0.25, -0.2) is 0 Å². The lowest BCUT2D eigenvalue weighted by molar-refractivity contribution is 0.0658. The number of nitrogens with one attached hydrogen (secondary N) is 1. The molecule has 0 unspecified atom stereocenters. The first kappa shape index (κ1) is 12.0. The Morgan fingerprint density at radius 3 is 2.71 bits per heavy atom. The van der Waals surface area contributed by atoms with Crippen molar-refractivity contribution < 1.29 is 9.47 Å². The first-order chi connectivity index (χ1) is 8.14. The van der Waals surface area contributed by atoms with E-state index in [0.717, 1.165) is 31.7 Å². The average Bonchev–Trinajstić information content (AvgIpc) is 2.32. The maximum atomic E-state index is 6.05. The topological polar surface area (TPSA) is 56.5 Å². The van der Waals surface area contributed by atoms with Crippen LogP contribution in [0, 0.1) is 0 Å². The van der Waals surface area contributed by atoms with Crippen molar-refractivity contribution in [2.75, 3.05) is 31.4 Å². The van der Waals surface area contributed by atoms with E-state index in [1.54, 1.807) is 7.11 Å². The smallest absolute Gasteiger partial charge is 0.143 e. The third-order valence-electron chi connectivity index (χ3n) is 3.32. The lowest BCUT2D eigenvalue weighted by atomic mass is 9.92. The molecule has 1 fully saturated rings. The second-order valence-electron chi connectivity index (χ2n) is 4.72. The predicted octanol–water partition coefficient (Wildman–Crippen LogP) is 2.26. The van der Waals surface area contributed by atoms with Gasteiger partial charge in [-0.1, -0.05) is 6.07 Å². The molecule has 0 aromatic heterocycles. The highest BCUT2D eigenvalue weighted by atomic mass is 16.5. The molecule has 1 aliphatic heterocycles. The normalized spacial score (nSPS) is 18.7. The van der Waals surface area contributed by atoms with E-state index in [1.165, 1.54) is 0 Å². The lowest BCUT2D eigenvalue weighted by Gasteiger charge is -2.35. The van der Waals surface area contributed by atoms with Crippen LogP contribution in [0.15, 0.2) is 18.2 Å². The first-order valence-electron chi connectivity index (χ1n) is 5.93. The van der Waals surface area contributed by atoms with Crippen LogP contribution in [0.5, 0.6) is 5.75 Å². The molecule has 1 saturated heterocycles. The van der Waals surface area contributed by atoms with E-state index in [1.807, 2.05) is 18.2 Å². The van der Waals surface area contributed by atoms with E-state index in [2.05, 4.69) is 12.2 Å². The van der Waals surface area contributed by atoms with E-state index in [0.29, 0.717) is 11.4 Å². The molecule has 0 amide bonds. The molecule has 0 atom stereocenters. The van der Waals surface area contributed by atoms with E-state index in [-0.39, 0.29) is 5.54 Å². The molecular weight excluding hydrogens is 216 g/mol. The van der Waals surface area contributed by atoms with Gasteiger partial charge in [0, 0.05) is 18.8 Å². The fourth-order valence-corrected chi connectivity index (χ4v) is 2.10. The molecule has 0 saturated carbocycles. The zero-order chi connectivity index (χ0) is 12.3. The molecule has 94 valence electrons. The van der Waals surface area contributed by atoms with Crippen molar-refractivity contribution in [3.8, 4) is 5.75 Å². The summed E-state index contributed by atoms with van der Waals surface area (Å²) in [6.45, 7) is 3.80. The number of hydrogen-bond acceptors (Lipinski definition) is 4. The van der Waals surface area contributed by atoms with Gasteiger partial charge in [0.15, 0.2) is 0 Å². The maximum absolute atomic E-state index is 6.05. The third-order valence-corrected chi connectivity index (χ3v) is 3.32. The van der Waals surface area contributed by atoms with Gasteiger partial charge >= 0.3 is 0 Å². The molecular formula is C13H20N2O2. The van der Waals surface area contributed by atoms with Crippen molar-refractivity contribution in [2.45, 2.75) is 25.3 Å². The first-order valence-corrected chi connectivity index (χ1v) is 5.93. The van der Waals surface area contributed by atoms with Gasteiger partial charge < -0.3 is 20.5 Å². The largest absolute Gasteiger partial charge is 0.495 e. The van der Waals surface area contributed by atoms with Crippen LogP contribution in [-0.2, 0) is 4.74 Å². The maximum Gasteiger partial charge on any atom is 0.143 e. The molecule has 17 heavy (non-hydrogen) atoms. The van der Waals surface area contributed by atoms with Crippen LogP contribution in [0.1, 0.15) is 19.8 Å². The Hall–Kier alpha value is -1.42. The van der Waals surface area contributed by atoms with Gasteiger partial charge in [0.05, 0.1) is 18.5 Å². The van der Waals surface area contributed by atoms with Gasteiger partial charge in [-0.3, -0.25) is 0 Å². The summed E-state index contributed by atoms with van der Waals surface area (Å²) < 4.78 is 10.6. The summed E-state index contributed by atoms with van der Waals surface area (Å²) in [4.78, 5) is 0. The summed E-state index contributed by atoms with van der Waals surface area (Å²) in [7, 11) is 1.63. The summed E-state index contributed by atoms with van der Waals surface area (Å²) in [6.07, 6.45) is 1.98. The molecule has 4 nitrogen and oxygen atoms in total. The Balaban J connectivity index is 2.17. The molecule has 1 aromatic carbocycles. The number of ether oxygens (including phenoxy) is 2. The lowest BCUT2D eigenvalue weighted by Crippen LogP contribution is -2.40. The number of rotatable bonds is 3. The van der Waals surface area contributed by atoms with E-state index in [9.17, 15) is 0 Å². The summed E-state index contributed by atoms with van der Waals surface area (Å²) in [5, 5.41) is 3.52. The number of benzene rings is 1. The minimum atomic E-state index is 0.0543. The third kappa shape index (κ3) is 2.64. The molecule has 2 rings (SSSR count). The number of anilines is 2. The van der Waals surface area contributed by atoms with Gasteiger partial charge in [-0.15, -0.1) is 0 Å². The van der Waals surface area contributed by atoms with Gasteiger partial charge in [0.2, 0.25) is 0 Å². The van der Waals surface area contributed by atoms with Crippen LogP contribution in [0.4, 0.5) is 11.4 Å². The molecule has 0 bridgehead atoms. The average molecular weight is 236 g/mol. The Morgan fingerprint density at radius 1 is 1.35 bits per heavy atom. The zero-order valence-electron chi connectivity index (χ0n) is 10.5. The highest BCUT2D eigenvalue weighted by Gasteiger charge is 2.27. The van der Waals surface area contributed by atoms with Crippen LogP contribution >= 0.6 is 0 Å². The summed E-state index contributed by atoms with van der Waals surface area (Å²) in [6, 6.07) is 5.80. The van der Waals surface area contributed by atoms with Gasteiger partial charge in [0.1, 0.15) is 5.75 Å². The predicted molar refractivity (Wildman–Crippen MR) is 69.5 cm³/mol. The molecule has 3 N–H and O–H groups in total. The molecule has 0 radical (unpaired) electrons. The molecule has 1 aliphatic rings.